The predicted octanol–water partition coefficient (Wildman–Crippen LogP) is 1.85. The van der Waals surface area contributed by atoms with Gasteiger partial charge in [0.05, 0.1) is 0 Å². The van der Waals surface area contributed by atoms with Gasteiger partial charge in [0, 0.05) is 6.20 Å². The minimum atomic E-state index is -0.149. The lowest BCUT2D eigenvalue weighted by molar-refractivity contribution is 0.914. The van der Waals surface area contributed by atoms with Gasteiger partial charge in [-0.05, 0) is 18.1 Å². The van der Waals surface area contributed by atoms with E-state index in [9.17, 15) is 4.79 Å². The molecule has 0 fully saturated rings. The van der Waals surface area contributed by atoms with E-state index in [0.717, 1.165) is 29.9 Å². The Labute approximate surface area is 91.0 Å². The standard InChI is InChI=1S/C10H11N3OS/c1-2-3-7-4-5-8(11-6-7)9-12-13-10(14)15-9/h4-6H,2-3H2,1H3,(H,13,14). The Bertz CT molecular complexity index is 486. The van der Waals surface area contributed by atoms with E-state index >= 15 is 0 Å². The molecule has 2 aromatic heterocycles. The zero-order valence-corrected chi connectivity index (χ0v) is 9.17. The minimum Gasteiger partial charge on any atom is -0.255 e. The zero-order chi connectivity index (χ0) is 10.7. The summed E-state index contributed by atoms with van der Waals surface area (Å²) in [5.74, 6) is 0. The van der Waals surface area contributed by atoms with Gasteiger partial charge in [-0.15, -0.1) is 0 Å². The summed E-state index contributed by atoms with van der Waals surface area (Å²) in [6, 6.07) is 3.93. The highest BCUT2D eigenvalue weighted by atomic mass is 32.1. The zero-order valence-electron chi connectivity index (χ0n) is 8.36. The molecule has 5 heteroatoms. The van der Waals surface area contributed by atoms with Gasteiger partial charge >= 0.3 is 4.87 Å². The summed E-state index contributed by atoms with van der Waals surface area (Å²) >= 11 is 1.08. The van der Waals surface area contributed by atoms with E-state index in [-0.39, 0.29) is 4.87 Å². The molecule has 0 atom stereocenters. The molecule has 0 unspecified atom stereocenters. The molecule has 0 spiro atoms. The number of nitrogens with zero attached hydrogens (tertiary/aromatic N) is 2. The second-order valence-corrected chi connectivity index (χ2v) is 4.18. The van der Waals surface area contributed by atoms with Crippen LogP contribution in [0.5, 0.6) is 0 Å². The lowest BCUT2D eigenvalue weighted by atomic mass is 10.1. The first-order chi connectivity index (χ1) is 7.29. The summed E-state index contributed by atoms with van der Waals surface area (Å²) in [4.78, 5) is 15.0. The van der Waals surface area contributed by atoms with Gasteiger partial charge in [-0.2, -0.15) is 5.10 Å². The van der Waals surface area contributed by atoms with Gasteiger partial charge in [0.25, 0.3) is 0 Å². The molecule has 0 radical (unpaired) electrons. The van der Waals surface area contributed by atoms with Gasteiger partial charge < -0.3 is 0 Å². The lowest BCUT2D eigenvalue weighted by Gasteiger charge is -1.98. The van der Waals surface area contributed by atoms with E-state index in [1.165, 1.54) is 5.56 Å². The Kier molecular flexibility index (Phi) is 2.91. The largest absolute Gasteiger partial charge is 0.322 e. The van der Waals surface area contributed by atoms with Gasteiger partial charge in [-0.3, -0.25) is 9.78 Å². The van der Waals surface area contributed by atoms with Crippen molar-refractivity contribution >= 4 is 11.3 Å². The molecular formula is C10H11N3OS. The second kappa shape index (κ2) is 4.35. The van der Waals surface area contributed by atoms with Crippen molar-refractivity contribution in [3.05, 3.63) is 33.6 Å². The van der Waals surface area contributed by atoms with Crippen molar-refractivity contribution in [3.63, 3.8) is 0 Å². The van der Waals surface area contributed by atoms with E-state index in [1.807, 2.05) is 18.3 Å². The maximum atomic E-state index is 10.9. The molecule has 15 heavy (non-hydrogen) atoms. The second-order valence-electron chi connectivity index (χ2n) is 3.22. The Morgan fingerprint density at radius 3 is 2.87 bits per heavy atom. The Morgan fingerprint density at radius 1 is 1.47 bits per heavy atom. The summed E-state index contributed by atoms with van der Waals surface area (Å²) < 4.78 is 0. The van der Waals surface area contributed by atoms with E-state index in [0.29, 0.717) is 5.01 Å². The molecule has 4 nitrogen and oxygen atoms in total. The molecule has 0 bridgehead atoms. The Balaban J connectivity index is 2.27. The lowest BCUT2D eigenvalue weighted by Crippen LogP contribution is -1.90. The summed E-state index contributed by atoms with van der Waals surface area (Å²) in [6.45, 7) is 2.13. The summed E-state index contributed by atoms with van der Waals surface area (Å²) in [5, 5.41) is 6.90. The molecule has 0 aliphatic rings. The molecular weight excluding hydrogens is 210 g/mol. The SMILES string of the molecule is CCCc1ccc(-c2n[nH]c(=O)s2)nc1. The van der Waals surface area contributed by atoms with Crippen LogP contribution in [0.4, 0.5) is 0 Å². The molecule has 0 saturated heterocycles. The molecule has 78 valence electrons. The van der Waals surface area contributed by atoms with E-state index in [1.54, 1.807) is 0 Å². The first-order valence-corrected chi connectivity index (χ1v) is 5.62. The molecule has 1 N–H and O–H groups in total. The van der Waals surface area contributed by atoms with Crippen LogP contribution in [0.15, 0.2) is 23.1 Å². The van der Waals surface area contributed by atoms with Crippen LogP contribution in [-0.2, 0) is 6.42 Å². The van der Waals surface area contributed by atoms with Gasteiger partial charge in [0.2, 0.25) is 0 Å². The molecule has 0 aliphatic heterocycles. The topological polar surface area (TPSA) is 58.6 Å². The predicted molar refractivity (Wildman–Crippen MR) is 60.0 cm³/mol. The molecule has 2 aromatic rings. The van der Waals surface area contributed by atoms with Crippen molar-refractivity contribution in [1.82, 2.24) is 15.2 Å². The normalized spacial score (nSPS) is 10.5. The number of nitrogens with one attached hydrogen (secondary N) is 1. The monoisotopic (exact) mass is 221 g/mol. The van der Waals surface area contributed by atoms with Crippen molar-refractivity contribution in [2.75, 3.05) is 0 Å². The van der Waals surface area contributed by atoms with Gasteiger partial charge in [0.1, 0.15) is 5.69 Å². The highest BCUT2D eigenvalue weighted by Gasteiger charge is 2.04. The van der Waals surface area contributed by atoms with Crippen LogP contribution in [0.3, 0.4) is 0 Å². The number of H-pyrrole nitrogens is 1. The summed E-state index contributed by atoms with van der Waals surface area (Å²) in [7, 11) is 0. The quantitative estimate of drug-likeness (QED) is 0.860. The highest BCUT2D eigenvalue weighted by molar-refractivity contribution is 7.12. The van der Waals surface area contributed by atoms with Crippen LogP contribution in [0.2, 0.25) is 0 Å². The fourth-order valence-electron chi connectivity index (χ4n) is 1.33. The number of aromatic amines is 1. The first-order valence-electron chi connectivity index (χ1n) is 4.80. The first kappa shape index (κ1) is 10.0. The maximum absolute atomic E-state index is 10.9. The highest BCUT2D eigenvalue weighted by Crippen LogP contribution is 2.16. The molecule has 0 aliphatic carbocycles. The van der Waals surface area contributed by atoms with Crippen LogP contribution in [0.25, 0.3) is 10.7 Å². The number of rotatable bonds is 3. The summed E-state index contributed by atoms with van der Waals surface area (Å²) in [6.07, 6.45) is 3.98. The van der Waals surface area contributed by atoms with Crippen molar-refractivity contribution in [3.8, 4) is 10.7 Å². The third kappa shape index (κ3) is 2.30. The number of hydrogen-bond donors (Lipinski definition) is 1. The summed E-state index contributed by atoms with van der Waals surface area (Å²) in [5.41, 5.74) is 1.96. The van der Waals surface area contributed by atoms with Crippen LogP contribution in [0.1, 0.15) is 18.9 Å². The molecule has 0 saturated carbocycles. The molecule has 2 heterocycles. The van der Waals surface area contributed by atoms with E-state index in [4.69, 9.17) is 0 Å². The third-order valence-corrected chi connectivity index (χ3v) is 2.79. The fraction of sp³-hybridized carbons (Fsp3) is 0.300. The van der Waals surface area contributed by atoms with E-state index < -0.39 is 0 Å². The number of aromatic nitrogens is 3. The Hall–Kier alpha value is -1.49. The number of pyridine rings is 1. The average Bonchev–Trinajstić information content (AvgIpc) is 2.67. The smallest absolute Gasteiger partial charge is 0.255 e. The van der Waals surface area contributed by atoms with Gasteiger partial charge in [0.15, 0.2) is 5.01 Å². The number of hydrogen-bond acceptors (Lipinski definition) is 4. The minimum absolute atomic E-state index is 0.149. The van der Waals surface area contributed by atoms with Crippen molar-refractivity contribution in [2.24, 2.45) is 0 Å². The van der Waals surface area contributed by atoms with Crippen LogP contribution in [0, 0.1) is 0 Å². The Morgan fingerprint density at radius 2 is 2.33 bits per heavy atom. The maximum Gasteiger partial charge on any atom is 0.322 e. The molecule has 0 aromatic carbocycles. The van der Waals surface area contributed by atoms with Crippen LogP contribution in [-0.4, -0.2) is 15.2 Å². The fourth-order valence-corrected chi connectivity index (χ4v) is 1.91. The third-order valence-electron chi connectivity index (χ3n) is 2.02. The van der Waals surface area contributed by atoms with Crippen LogP contribution < -0.4 is 4.87 Å². The van der Waals surface area contributed by atoms with Crippen LogP contribution >= 0.6 is 11.3 Å². The van der Waals surface area contributed by atoms with Crippen molar-refractivity contribution in [2.45, 2.75) is 19.8 Å². The van der Waals surface area contributed by atoms with Gasteiger partial charge in [-0.1, -0.05) is 30.7 Å². The number of aryl methyl sites for hydroxylation is 1. The van der Waals surface area contributed by atoms with Crippen molar-refractivity contribution < 1.29 is 0 Å². The van der Waals surface area contributed by atoms with Crippen molar-refractivity contribution in [1.29, 1.82) is 0 Å². The van der Waals surface area contributed by atoms with E-state index in [2.05, 4.69) is 22.1 Å². The average molecular weight is 221 g/mol. The molecule has 2 rings (SSSR count). The molecule has 0 amide bonds. The van der Waals surface area contributed by atoms with Gasteiger partial charge in [-0.25, -0.2) is 5.10 Å².